The van der Waals surface area contributed by atoms with E-state index in [0.29, 0.717) is 17.9 Å². The molecule has 37 heavy (non-hydrogen) atoms. The molecule has 1 fully saturated rings. The number of carbonyl (C=O) groups excluding carboxylic acids is 1. The van der Waals surface area contributed by atoms with Crippen LogP contribution in [-0.4, -0.2) is 12.6 Å². The van der Waals surface area contributed by atoms with E-state index in [-0.39, 0.29) is 23.2 Å². The van der Waals surface area contributed by atoms with E-state index in [1.54, 1.807) is 24.3 Å². The molecule has 0 heterocycles. The fourth-order valence-electron chi connectivity index (χ4n) is 4.77. The summed E-state index contributed by atoms with van der Waals surface area (Å²) in [4.78, 5) is 12.6. The first-order valence-corrected chi connectivity index (χ1v) is 14.0. The molecular weight excluding hydrogens is 470 g/mol. The van der Waals surface area contributed by atoms with Crippen LogP contribution in [-0.2, 0) is 4.79 Å². The summed E-state index contributed by atoms with van der Waals surface area (Å²) in [5.74, 6) is 4.43. The highest BCUT2D eigenvalue weighted by atomic mass is 19.2. The summed E-state index contributed by atoms with van der Waals surface area (Å²) in [7, 11) is 0. The van der Waals surface area contributed by atoms with Gasteiger partial charge in [-0.15, -0.1) is 0 Å². The Hall–Kier alpha value is -2.87. The molecule has 0 aliphatic heterocycles. The van der Waals surface area contributed by atoms with Crippen LogP contribution in [0.15, 0.2) is 36.4 Å². The minimum atomic E-state index is -1.01. The molecular formula is C32H40F2O3. The zero-order valence-electron chi connectivity index (χ0n) is 22.3. The molecule has 0 unspecified atom stereocenters. The number of benzene rings is 2. The lowest BCUT2D eigenvalue weighted by atomic mass is 9.80. The SMILES string of the molecule is CCCCCCOc1ccc(C#Cc2ccc(OC(=O)C3CCC(CCCCC)CC3)cc2)c(F)c1F. The molecule has 0 bridgehead atoms. The molecule has 1 saturated carbocycles. The summed E-state index contributed by atoms with van der Waals surface area (Å²) in [5, 5.41) is 0. The van der Waals surface area contributed by atoms with Gasteiger partial charge >= 0.3 is 5.97 Å². The Balaban J connectivity index is 1.50. The molecule has 1 aliphatic rings. The minimum Gasteiger partial charge on any atom is -0.490 e. The van der Waals surface area contributed by atoms with Gasteiger partial charge in [0.1, 0.15) is 5.75 Å². The smallest absolute Gasteiger partial charge is 0.314 e. The van der Waals surface area contributed by atoms with Crippen molar-refractivity contribution in [3.63, 3.8) is 0 Å². The van der Waals surface area contributed by atoms with Crippen molar-refractivity contribution >= 4 is 5.97 Å². The Kier molecular flexibility index (Phi) is 11.9. The van der Waals surface area contributed by atoms with E-state index in [4.69, 9.17) is 9.47 Å². The normalized spacial score (nSPS) is 17.1. The maximum Gasteiger partial charge on any atom is 0.314 e. The predicted octanol–water partition coefficient (Wildman–Crippen LogP) is 8.62. The molecule has 0 radical (unpaired) electrons. The van der Waals surface area contributed by atoms with Gasteiger partial charge in [0.05, 0.1) is 18.1 Å². The molecule has 0 atom stereocenters. The van der Waals surface area contributed by atoms with E-state index >= 15 is 0 Å². The summed E-state index contributed by atoms with van der Waals surface area (Å²) in [6, 6.07) is 9.64. The van der Waals surface area contributed by atoms with Crippen LogP contribution in [0.2, 0.25) is 0 Å². The van der Waals surface area contributed by atoms with Gasteiger partial charge < -0.3 is 9.47 Å². The number of rotatable bonds is 12. The second kappa shape index (κ2) is 15.4. The van der Waals surface area contributed by atoms with Crippen LogP contribution in [0.1, 0.15) is 102 Å². The molecule has 2 aromatic carbocycles. The maximum absolute atomic E-state index is 14.5. The van der Waals surface area contributed by atoms with E-state index in [9.17, 15) is 13.6 Å². The Morgan fingerprint density at radius 2 is 1.54 bits per heavy atom. The molecule has 5 heteroatoms. The number of carbonyl (C=O) groups is 1. The van der Waals surface area contributed by atoms with Gasteiger partial charge in [-0.3, -0.25) is 4.79 Å². The number of unbranched alkanes of at least 4 members (excludes halogenated alkanes) is 5. The lowest BCUT2D eigenvalue weighted by Crippen LogP contribution is -2.25. The van der Waals surface area contributed by atoms with Crippen molar-refractivity contribution in [2.24, 2.45) is 11.8 Å². The van der Waals surface area contributed by atoms with Gasteiger partial charge in [0.15, 0.2) is 11.6 Å². The lowest BCUT2D eigenvalue weighted by Gasteiger charge is -2.27. The van der Waals surface area contributed by atoms with Gasteiger partial charge in [-0.05, 0) is 74.4 Å². The Morgan fingerprint density at radius 1 is 0.838 bits per heavy atom. The van der Waals surface area contributed by atoms with Crippen LogP contribution in [0.4, 0.5) is 8.78 Å². The molecule has 0 N–H and O–H groups in total. The quantitative estimate of drug-likeness (QED) is 0.124. The van der Waals surface area contributed by atoms with Gasteiger partial charge in [0, 0.05) is 5.56 Å². The van der Waals surface area contributed by atoms with Crippen molar-refractivity contribution < 1.29 is 23.0 Å². The Bertz CT molecular complexity index is 1040. The number of esters is 1. The summed E-state index contributed by atoms with van der Waals surface area (Å²) >= 11 is 0. The first-order chi connectivity index (χ1) is 18.0. The second-order valence-electron chi connectivity index (χ2n) is 10.1. The lowest BCUT2D eigenvalue weighted by molar-refractivity contribution is -0.140. The van der Waals surface area contributed by atoms with Gasteiger partial charge in [0.25, 0.3) is 0 Å². The Labute approximate surface area is 221 Å². The fraction of sp³-hybridized carbons (Fsp3) is 0.531. The van der Waals surface area contributed by atoms with Gasteiger partial charge in [0.2, 0.25) is 5.82 Å². The summed E-state index contributed by atoms with van der Waals surface area (Å²) in [6.45, 7) is 4.69. The molecule has 0 amide bonds. The first-order valence-electron chi connectivity index (χ1n) is 14.0. The fourth-order valence-corrected chi connectivity index (χ4v) is 4.77. The van der Waals surface area contributed by atoms with Crippen LogP contribution in [0.5, 0.6) is 11.5 Å². The van der Waals surface area contributed by atoms with Crippen LogP contribution in [0.25, 0.3) is 0 Å². The standard InChI is InChI=1S/C32H40F2O3/c1-3-5-7-9-23-36-29-22-19-26(30(33)31(29)34)16-11-25-14-20-28(21-15-25)37-32(35)27-17-12-24(13-18-27)10-8-6-4-2/h14-15,19-22,24,27H,3-10,12-13,17-18,23H2,1-2H3. The zero-order valence-corrected chi connectivity index (χ0v) is 22.3. The van der Waals surface area contributed by atoms with Crippen LogP contribution < -0.4 is 9.47 Å². The monoisotopic (exact) mass is 510 g/mol. The molecule has 3 nitrogen and oxygen atoms in total. The molecule has 3 rings (SSSR count). The third kappa shape index (κ3) is 9.18. The third-order valence-corrected chi connectivity index (χ3v) is 7.11. The number of ether oxygens (including phenoxy) is 2. The number of hydrogen-bond donors (Lipinski definition) is 0. The van der Waals surface area contributed by atoms with Crippen molar-refractivity contribution in [1.82, 2.24) is 0 Å². The van der Waals surface area contributed by atoms with E-state index in [0.717, 1.165) is 57.3 Å². The highest BCUT2D eigenvalue weighted by molar-refractivity contribution is 5.75. The van der Waals surface area contributed by atoms with E-state index < -0.39 is 11.6 Å². The molecule has 0 spiro atoms. The minimum absolute atomic E-state index is 0.0309. The summed E-state index contributed by atoms with van der Waals surface area (Å²) < 4.78 is 39.8. The molecule has 1 aliphatic carbocycles. The summed E-state index contributed by atoms with van der Waals surface area (Å²) in [6.07, 6.45) is 13.1. The topological polar surface area (TPSA) is 35.5 Å². The van der Waals surface area contributed by atoms with Gasteiger partial charge in [-0.25, -0.2) is 4.39 Å². The van der Waals surface area contributed by atoms with Crippen molar-refractivity contribution in [1.29, 1.82) is 0 Å². The van der Waals surface area contributed by atoms with E-state index in [2.05, 4.69) is 25.7 Å². The average Bonchev–Trinajstić information content (AvgIpc) is 2.91. The van der Waals surface area contributed by atoms with Crippen LogP contribution >= 0.6 is 0 Å². The molecule has 0 saturated heterocycles. The Morgan fingerprint density at radius 3 is 2.24 bits per heavy atom. The van der Waals surface area contributed by atoms with Crippen molar-refractivity contribution in [3.8, 4) is 23.3 Å². The molecule has 2 aromatic rings. The second-order valence-corrected chi connectivity index (χ2v) is 10.1. The van der Waals surface area contributed by atoms with Gasteiger partial charge in [-0.1, -0.05) is 70.6 Å². The zero-order chi connectivity index (χ0) is 26.5. The van der Waals surface area contributed by atoms with Gasteiger partial charge in [-0.2, -0.15) is 4.39 Å². The first kappa shape index (κ1) is 28.7. The number of halogens is 2. The van der Waals surface area contributed by atoms with Crippen LogP contribution in [0, 0.1) is 35.3 Å². The predicted molar refractivity (Wildman–Crippen MR) is 144 cm³/mol. The highest BCUT2D eigenvalue weighted by Gasteiger charge is 2.27. The van der Waals surface area contributed by atoms with Crippen molar-refractivity contribution in [2.45, 2.75) is 90.9 Å². The molecule has 200 valence electrons. The van der Waals surface area contributed by atoms with Crippen LogP contribution in [0.3, 0.4) is 0 Å². The average molecular weight is 511 g/mol. The molecule has 0 aromatic heterocycles. The maximum atomic E-state index is 14.5. The number of hydrogen-bond acceptors (Lipinski definition) is 3. The van der Waals surface area contributed by atoms with Crippen molar-refractivity contribution in [3.05, 3.63) is 59.2 Å². The largest absolute Gasteiger partial charge is 0.490 e. The third-order valence-electron chi connectivity index (χ3n) is 7.11. The highest BCUT2D eigenvalue weighted by Crippen LogP contribution is 2.33. The van der Waals surface area contributed by atoms with E-state index in [1.165, 1.54) is 37.8 Å². The van der Waals surface area contributed by atoms with E-state index in [1.807, 2.05) is 0 Å². The summed E-state index contributed by atoms with van der Waals surface area (Å²) in [5.41, 5.74) is 0.583. The van der Waals surface area contributed by atoms with Crippen molar-refractivity contribution in [2.75, 3.05) is 6.61 Å².